The highest BCUT2D eigenvalue weighted by Gasteiger charge is 2.15. The molecule has 86 valence electrons. The van der Waals surface area contributed by atoms with Gasteiger partial charge in [-0.3, -0.25) is 0 Å². The first-order chi connectivity index (χ1) is 7.19. The molecule has 0 fully saturated rings. The molecular formula is C10H20N4O. The van der Waals surface area contributed by atoms with Crippen LogP contribution in [0.4, 0.5) is 0 Å². The van der Waals surface area contributed by atoms with Crippen LogP contribution in [0.5, 0.6) is 0 Å². The Morgan fingerprint density at radius 3 is 2.93 bits per heavy atom. The first-order valence-electron chi connectivity index (χ1n) is 5.35. The molecule has 0 amide bonds. The molecule has 0 spiro atoms. The van der Waals surface area contributed by atoms with Crippen molar-refractivity contribution in [2.75, 3.05) is 7.11 Å². The van der Waals surface area contributed by atoms with Crippen molar-refractivity contribution in [1.82, 2.24) is 15.0 Å². The molecule has 0 aliphatic carbocycles. The summed E-state index contributed by atoms with van der Waals surface area (Å²) in [6, 6.07) is -0.0542. The molecular weight excluding hydrogens is 192 g/mol. The molecule has 0 aromatic carbocycles. The van der Waals surface area contributed by atoms with Gasteiger partial charge >= 0.3 is 0 Å². The van der Waals surface area contributed by atoms with Crippen molar-refractivity contribution in [3.8, 4) is 0 Å². The molecule has 0 aliphatic rings. The summed E-state index contributed by atoms with van der Waals surface area (Å²) in [6.07, 6.45) is 3.71. The molecule has 5 nitrogen and oxygen atoms in total. The molecule has 0 saturated carbocycles. The summed E-state index contributed by atoms with van der Waals surface area (Å²) < 4.78 is 7.06. The minimum Gasteiger partial charge on any atom is -0.382 e. The van der Waals surface area contributed by atoms with Crippen molar-refractivity contribution in [1.29, 1.82) is 0 Å². The van der Waals surface area contributed by atoms with Crippen LogP contribution in [0.15, 0.2) is 6.20 Å². The average molecular weight is 212 g/mol. The summed E-state index contributed by atoms with van der Waals surface area (Å²) in [6.45, 7) is 4.98. The van der Waals surface area contributed by atoms with E-state index in [1.165, 1.54) is 0 Å². The van der Waals surface area contributed by atoms with E-state index < -0.39 is 0 Å². The Morgan fingerprint density at radius 1 is 1.60 bits per heavy atom. The van der Waals surface area contributed by atoms with E-state index >= 15 is 0 Å². The van der Waals surface area contributed by atoms with Crippen molar-refractivity contribution in [2.24, 2.45) is 5.73 Å². The van der Waals surface area contributed by atoms with Crippen LogP contribution in [0.3, 0.4) is 0 Å². The Labute approximate surface area is 90.6 Å². The van der Waals surface area contributed by atoms with E-state index in [0.29, 0.717) is 0 Å². The summed E-state index contributed by atoms with van der Waals surface area (Å²) in [5.74, 6) is 0. The Morgan fingerprint density at radius 2 is 2.33 bits per heavy atom. The van der Waals surface area contributed by atoms with E-state index in [1.54, 1.807) is 13.3 Å². The maximum absolute atomic E-state index is 6.07. The first kappa shape index (κ1) is 12.1. The second-order valence-corrected chi connectivity index (χ2v) is 3.77. The number of hydrogen-bond acceptors (Lipinski definition) is 4. The molecule has 1 aromatic heterocycles. The highest BCUT2D eigenvalue weighted by atomic mass is 16.5. The zero-order chi connectivity index (χ0) is 11.3. The van der Waals surface area contributed by atoms with E-state index in [1.807, 2.05) is 11.6 Å². The third kappa shape index (κ3) is 3.28. The van der Waals surface area contributed by atoms with Crippen molar-refractivity contribution < 1.29 is 4.74 Å². The summed E-state index contributed by atoms with van der Waals surface area (Å²) >= 11 is 0. The zero-order valence-electron chi connectivity index (χ0n) is 9.68. The van der Waals surface area contributed by atoms with Gasteiger partial charge in [0.25, 0.3) is 0 Å². The quantitative estimate of drug-likeness (QED) is 0.767. The van der Waals surface area contributed by atoms with Gasteiger partial charge in [0.05, 0.1) is 24.0 Å². The number of nitrogens with two attached hydrogens (primary N) is 1. The summed E-state index contributed by atoms with van der Waals surface area (Å²) in [7, 11) is 1.69. The maximum atomic E-state index is 6.07. The van der Waals surface area contributed by atoms with Gasteiger partial charge in [0.2, 0.25) is 0 Å². The van der Waals surface area contributed by atoms with Crippen LogP contribution < -0.4 is 5.73 Å². The van der Waals surface area contributed by atoms with Crippen LogP contribution in [-0.4, -0.2) is 28.2 Å². The smallest absolute Gasteiger partial charge is 0.0755 e. The highest BCUT2D eigenvalue weighted by molar-refractivity contribution is 5.01. The lowest BCUT2D eigenvalue weighted by Gasteiger charge is -2.16. The maximum Gasteiger partial charge on any atom is 0.0755 e. The SMILES string of the molecule is CCCn1nncc1C(N)CC(C)OC. The van der Waals surface area contributed by atoms with Crippen LogP contribution in [0, 0.1) is 0 Å². The van der Waals surface area contributed by atoms with E-state index in [4.69, 9.17) is 10.5 Å². The van der Waals surface area contributed by atoms with Gasteiger partial charge in [-0.05, 0) is 19.8 Å². The molecule has 1 aromatic rings. The van der Waals surface area contributed by atoms with E-state index in [2.05, 4.69) is 17.2 Å². The highest BCUT2D eigenvalue weighted by Crippen LogP contribution is 2.15. The number of nitrogens with zero attached hydrogens (tertiary/aromatic N) is 3. The van der Waals surface area contributed by atoms with Crippen LogP contribution in [0.2, 0.25) is 0 Å². The van der Waals surface area contributed by atoms with Crippen molar-refractivity contribution >= 4 is 0 Å². The fraction of sp³-hybridized carbons (Fsp3) is 0.800. The van der Waals surface area contributed by atoms with Crippen LogP contribution in [0.1, 0.15) is 38.4 Å². The van der Waals surface area contributed by atoms with Gasteiger partial charge in [0, 0.05) is 13.7 Å². The van der Waals surface area contributed by atoms with Crippen LogP contribution in [-0.2, 0) is 11.3 Å². The predicted molar refractivity (Wildman–Crippen MR) is 58.3 cm³/mol. The minimum atomic E-state index is -0.0542. The Bertz CT molecular complexity index is 287. The standard InChI is InChI=1S/C10H20N4O/c1-4-5-14-10(7-12-13-14)9(11)6-8(2)15-3/h7-9H,4-6,11H2,1-3H3. The summed E-state index contributed by atoms with van der Waals surface area (Å²) in [4.78, 5) is 0. The number of aryl methyl sites for hydroxylation is 1. The lowest BCUT2D eigenvalue weighted by Crippen LogP contribution is -2.21. The van der Waals surface area contributed by atoms with E-state index in [9.17, 15) is 0 Å². The third-order valence-electron chi connectivity index (χ3n) is 2.45. The monoisotopic (exact) mass is 212 g/mol. The van der Waals surface area contributed by atoms with Gasteiger partial charge in [0.1, 0.15) is 0 Å². The van der Waals surface area contributed by atoms with Gasteiger partial charge in [0.15, 0.2) is 0 Å². The molecule has 15 heavy (non-hydrogen) atoms. The summed E-state index contributed by atoms with van der Waals surface area (Å²) in [5.41, 5.74) is 7.05. The fourth-order valence-electron chi connectivity index (χ4n) is 1.51. The predicted octanol–water partition coefficient (Wildman–Crippen LogP) is 1.11. The lowest BCUT2D eigenvalue weighted by molar-refractivity contribution is 0.104. The van der Waals surface area contributed by atoms with Crippen molar-refractivity contribution in [3.63, 3.8) is 0 Å². The fourth-order valence-corrected chi connectivity index (χ4v) is 1.51. The third-order valence-corrected chi connectivity index (χ3v) is 2.45. The molecule has 0 bridgehead atoms. The Hall–Kier alpha value is -0.940. The normalized spacial score (nSPS) is 15.2. The number of hydrogen-bond donors (Lipinski definition) is 1. The van der Waals surface area contributed by atoms with Crippen LogP contribution >= 0.6 is 0 Å². The van der Waals surface area contributed by atoms with Crippen molar-refractivity contribution in [2.45, 2.75) is 45.4 Å². The second-order valence-electron chi connectivity index (χ2n) is 3.77. The van der Waals surface area contributed by atoms with Gasteiger partial charge in [-0.15, -0.1) is 5.10 Å². The molecule has 2 atom stereocenters. The number of rotatable bonds is 6. The number of ether oxygens (including phenoxy) is 1. The van der Waals surface area contributed by atoms with E-state index in [0.717, 1.165) is 25.1 Å². The Kier molecular flexibility index (Phi) is 4.71. The molecule has 1 rings (SSSR count). The minimum absolute atomic E-state index is 0.0542. The average Bonchev–Trinajstić information content (AvgIpc) is 2.66. The molecule has 2 unspecified atom stereocenters. The molecule has 5 heteroatoms. The molecule has 2 N–H and O–H groups in total. The molecule has 0 aliphatic heterocycles. The van der Waals surface area contributed by atoms with Gasteiger partial charge < -0.3 is 10.5 Å². The zero-order valence-corrected chi connectivity index (χ0v) is 9.68. The van der Waals surface area contributed by atoms with Gasteiger partial charge in [-0.2, -0.15) is 0 Å². The number of methoxy groups -OCH3 is 1. The first-order valence-corrected chi connectivity index (χ1v) is 5.35. The van der Waals surface area contributed by atoms with Crippen LogP contribution in [0.25, 0.3) is 0 Å². The lowest BCUT2D eigenvalue weighted by atomic mass is 10.1. The second kappa shape index (κ2) is 5.82. The number of aromatic nitrogens is 3. The molecule has 0 radical (unpaired) electrons. The molecule has 0 saturated heterocycles. The van der Waals surface area contributed by atoms with Crippen molar-refractivity contribution in [3.05, 3.63) is 11.9 Å². The molecule has 1 heterocycles. The van der Waals surface area contributed by atoms with E-state index in [-0.39, 0.29) is 12.1 Å². The van der Waals surface area contributed by atoms with Gasteiger partial charge in [-0.1, -0.05) is 12.1 Å². The van der Waals surface area contributed by atoms with Gasteiger partial charge in [-0.25, -0.2) is 4.68 Å². The largest absolute Gasteiger partial charge is 0.382 e. The summed E-state index contributed by atoms with van der Waals surface area (Å²) in [5, 5.41) is 7.89. The topological polar surface area (TPSA) is 66.0 Å². The Balaban J connectivity index is 2.63.